The molecule has 1 rings (SSSR count). The highest BCUT2D eigenvalue weighted by atomic mass is 16.5. The molecular weight excluding hydrogens is 238 g/mol. The van der Waals surface area contributed by atoms with E-state index in [1.807, 2.05) is 0 Å². The van der Waals surface area contributed by atoms with Gasteiger partial charge >= 0.3 is 11.9 Å². The molecule has 0 radical (unpaired) electrons. The second-order valence-electron chi connectivity index (χ2n) is 4.63. The number of carbonyl (C=O) groups excluding carboxylic acids is 2. The highest BCUT2D eigenvalue weighted by Gasteiger charge is 2.48. The number of ether oxygens (including phenoxy) is 1. The van der Waals surface area contributed by atoms with E-state index in [2.05, 4.69) is 5.32 Å². The maximum absolute atomic E-state index is 11.6. The molecule has 1 saturated carbocycles. The zero-order valence-corrected chi connectivity index (χ0v) is 10.7. The second-order valence-corrected chi connectivity index (χ2v) is 4.63. The highest BCUT2D eigenvalue weighted by molar-refractivity contribution is 5.88. The van der Waals surface area contributed by atoms with Crippen LogP contribution in [0.4, 0.5) is 0 Å². The first kappa shape index (κ1) is 14.5. The summed E-state index contributed by atoms with van der Waals surface area (Å²) in [5.74, 6) is -1.92. The first-order chi connectivity index (χ1) is 8.40. The third-order valence-electron chi connectivity index (χ3n) is 3.10. The van der Waals surface area contributed by atoms with Crippen LogP contribution in [0.2, 0.25) is 0 Å². The Bertz CT molecular complexity index is 350. The average Bonchev–Trinajstić information content (AvgIpc) is 3.10. The molecule has 0 aromatic rings. The third kappa shape index (κ3) is 3.72. The number of rotatable bonds is 7. The summed E-state index contributed by atoms with van der Waals surface area (Å²) in [6, 6.07) is 0. The largest absolute Gasteiger partial charge is 0.480 e. The molecule has 1 fully saturated rings. The lowest BCUT2D eigenvalue weighted by Crippen LogP contribution is -2.54. The molecule has 0 aliphatic heterocycles. The number of nitrogens with one attached hydrogen (secondary N) is 1. The van der Waals surface area contributed by atoms with Gasteiger partial charge in [0.05, 0.1) is 13.0 Å². The Balaban J connectivity index is 2.43. The smallest absolute Gasteiger partial charge is 0.329 e. The number of amides is 1. The fourth-order valence-electron chi connectivity index (χ4n) is 1.79. The second kappa shape index (κ2) is 5.84. The minimum absolute atomic E-state index is 0.0125. The number of carboxylic acids is 1. The SMILES string of the molecule is CCOC(=O)CCC(=O)NC(C)(C(=O)O)C1CC1. The predicted molar refractivity (Wildman–Crippen MR) is 62.8 cm³/mol. The van der Waals surface area contributed by atoms with E-state index >= 15 is 0 Å². The average molecular weight is 257 g/mol. The molecule has 1 unspecified atom stereocenters. The summed E-state index contributed by atoms with van der Waals surface area (Å²) in [6.07, 6.45) is 1.54. The molecule has 0 aromatic carbocycles. The van der Waals surface area contributed by atoms with Gasteiger partial charge in [0.15, 0.2) is 0 Å². The van der Waals surface area contributed by atoms with Gasteiger partial charge in [-0.15, -0.1) is 0 Å². The lowest BCUT2D eigenvalue weighted by atomic mass is 9.95. The molecular formula is C12H19NO5. The number of hydrogen-bond donors (Lipinski definition) is 2. The van der Waals surface area contributed by atoms with Crippen molar-refractivity contribution in [1.82, 2.24) is 5.32 Å². The highest BCUT2D eigenvalue weighted by Crippen LogP contribution is 2.39. The Morgan fingerprint density at radius 3 is 2.39 bits per heavy atom. The van der Waals surface area contributed by atoms with Crippen molar-refractivity contribution in [2.75, 3.05) is 6.61 Å². The predicted octanol–water partition coefficient (Wildman–Crippen LogP) is 0.699. The van der Waals surface area contributed by atoms with E-state index < -0.39 is 23.4 Å². The van der Waals surface area contributed by atoms with Crippen LogP contribution in [-0.4, -0.2) is 35.1 Å². The Morgan fingerprint density at radius 1 is 1.33 bits per heavy atom. The molecule has 0 spiro atoms. The zero-order valence-electron chi connectivity index (χ0n) is 10.7. The fraction of sp³-hybridized carbons (Fsp3) is 0.750. The van der Waals surface area contributed by atoms with Gasteiger partial charge in [0, 0.05) is 6.42 Å². The van der Waals surface area contributed by atoms with Crippen molar-refractivity contribution in [2.45, 2.75) is 45.1 Å². The molecule has 1 amide bonds. The molecule has 0 aromatic heterocycles. The van der Waals surface area contributed by atoms with E-state index in [-0.39, 0.29) is 25.4 Å². The minimum atomic E-state index is -1.22. The van der Waals surface area contributed by atoms with Crippen LogP contribution in [-0.2, 0) is 19.1 Å². The summed E-state index contributed by atoms with van der Waals surface area (Å²) in [5, 5.41) is 11.7. The van der Waals surface area contributed by atoms with E-state index in [4.69, 9.17) is 9.84 Å². The van der Waals surface area contributed by atoms with E-state index in [0.29, 0.717) is 0 Å². The summed E-state index contributed by atoms with van der Waals surface area (Å²) >= 11 is 0. The van der Waals surface area contributed by atoms with Crippen molar-refractivity contribution in [3.8, 4) is 0 Å². The van der Waals surface area contributed by atoms with Crippen LogP contribution in [0, 0.1) is 5.92 Å². The zero-order chi connectivity index (χ0) is 13.8. The van der Waals surface area contributed by atoms with Gasteiger partial charge in [-0.25, -0.2) is 4.79 Å². The maximum Gasteiger partial charge on any atom is 0.329 e. The molecule has 102 valence electrons. The van der Waals surface area contributed by atoms with Gasteiger partial charge in [-0.05, 0) is 32.6 Å². The van der Waals surface area contributed by atoms with Crippen LogP contribution in [0.3, 0.4) is 0 Å². The van der Waals surface area contributed by atoms with Crippen LogP contribution >= 0.6 is 0 Å². The minimum Gasteiger partial charge on any atom is -0.480 e. The Hall–Kier alpha value is -1.59. The van der Waals surface area contributed by atoms with Crippen molar-refractivity contribution in [3.05, 3.63) is 0 Å². The van der Waals surface area contributed by atoms with Crippen molar-refractivity contribution < 1.29 is 24.2 Å². The standard InChI is InChI=1S/C12H19NO5/c1-3-18-10(15)7-6-9(14)13-12(2,11(16)17)8-4-5-8/h8H,3-7H2,1-2H3,(H,13,14)(H,16,17). The molecule has 1 atom stereocenters. The lowest BCUT2D eigenvalue weighted by Gasteiger charge is -2.26. The monoisotopic (exact) mass is 257 g/mol. The van der Waals surface area contributed by atoms with Gasteiger partial charge in [-0.2, -0.15) is 0 Å². The van der Waals surface area contributed by atoms with Crippen LogP contribution in [0.25, 0.3) is 0 Å². The molecule has 6 heteroatoms. The molecule has 6 nitrogen and oxygen atoms in total. The molecule has 0 bridgehead atoms. The van der Waals surface area contributed by atoms with Gasteiger partial charge < -0.3 is 15.2 Å². The normalized spacial score (nSPS) is 17.7. The van der Waals surface area contributed by atoms with Crippen LogP contribution in [0.5, 0.6) is 0 Å². The number of carboxylic acid groups (broad SMARTS) is 1. The van der Waals surface area contributed by atoms with Crippen LogP contribution < -0.4 is 5.32 Å². The Kier molecular flexibility index (Phi) is 4.69. The topological polar surface area (TPSA) is 92.7 Å². The summed E-state index contributed by atoms with van der Waals surface area (Å²) in [7, 11) is 0. The van der Waals surface area contributed by atoms with E-state index in [1.54, 1.807) is 6.92 Å². The summed E-state index contributed by atoms with van der Waals surface area (Å²) in [6.45, 7) is 3.47. The van der Waals surface area contributed by atoms with Crippen molar-refractivity contribution >= 4 is 17.8 Å². The molecule has 1 aliphatic rings. The van der Waals surface area contributed by atoms with Crippen LogP contribution in [0.15, 0.2) is 0 Å². The molecule has 1 aliphatic carbocycles. The lowest BCUT2D eigenvalue weighted by molar-refractivity contribution is -0.148. The summed E-state index contributed by atoms with van der Waals surface area (Å²) < 4.78 is 4.69. The molecule has 0 saturated heterocycles. The number of esters is 1. The first-order valence-electron chi connectivity index (χ1n) is 6.10. The van der Waals surface area contributed by atoms with Crippen molar-refractivity contribution in [3.63, 3.8) is 0 Å². The fourth-order valence-corrected chi connectivity index (χ4v) is 1.79. The molecule has 2 N–H and O–H groups in total. The van der Waals surface area contributed by atoms with Gasteiger partial charge in [0.2, 0.25) is 5.91 Å². The van der Waals surface area contributed by atoms with Gasteiger partial charge in [0.1, 0.15) is 5.54 Å². The van der Waals surface area contributed by atoms with E-state index in [9.17, 15) is 14.4 Å². The van der Waals surface area contributed by atoms with Crippen LogP contribution in [0.1, 0.15) is 39.5 Å². The Morgan fingerprint density at radius 2 is 1.94 bits per heavy atom. The van der Waals surface area contributed by atoms with E-state index in [1.165, 1.54) is 6.92 Å². The Labute approximate surface area is 106 Å². The third-order valence-corrected chi connectivity index (χ3v) is 3.10. The number of carbonyl (C=O) groups is 3. The molecule has 0 heterocycles. The number of aliphatic carboxylic acids is 1. The maximum atomic E-state index is 11.6. The summed E-state index contributed by atoms with van der Waals surface area (Å²) in [4.78, 5) is 33.9. The quantitative estimate of drug-likeness (QED) is 0.655. The number of hydrogen-bond acceptors (Lipinski definition) is 4. The summed E-state index contributed by atoms with van der Waals surface area (Å²) in [5.41, 5.74) is -1.22. The van der Waals surface area contributed by atoms with Gasteiger partial charge in [-0.3, -0.25) is 9.59 Å². The molecule has 18 heavy (non-hydrogen) atoms. The van der Waals surface area contributed by atoms with Gasteiger partial charge in [-0.1, -0.05) is 0 Å². The van der Waals surface area contributed by atoms with Gasteiger partial charge in [0.25, 0.3) is 0 Å². The first-order valence-corrected chi connectivity index (χ1v) is 6.10. The van der Waals surface area contributed by atoms with Crippen molar-refractivity contribution in [1.29, 1.82) is 0 Å². The van der Waals surface area contributed by atoms with Crippen molar-refractivity contribution in [2.24, 2.45) is 5.92 Å². The van der Waals surface area contributed by atoms with E-state index in [0.717, 1.165) is 12.8 Å².